The van der Waals surface area contributed by atoms with E-state index in [9.17, 15) is 0 Å². The molecule has 0 saturated carbocycles. The number of nitrogens with zero attached hydrogens (tertiary/aromatic N) is 1. The van der Waals surface area contributed by atoms with E-state index >= 15 is 0 Å². The van der Waals surface area contributed by atoms with Gasteiger partial charge in [-0.2, -0.15) is 0 Å². The average molecular weight is 789 g/mol. The van der Waals surface area contributed by atoms with Gasteiger partial charge in [0.2, 0.25) is 0 Å². The fourth-order valence-corrected chi connectivity index (χ4v) is 9.72. The topological polar surface area (TPSA) is 19.0 Å². The molecular weight excluding hydrogens is 749 g/mol. The second kappa shape index (κ2) is 14.8. The molecule has 1 heterocycles. The number of fused-ring (bicyclic) bond motifs is 7. The number of aromatic nitrogens is 1. The van der Waals surface area contributed by atoms with Gasteiger partial charge in [0.05, 0.1) is 0 Å². The van der Waals surface area contributed by atoms with Crippen LogP contribution in [0.4, 0.5) is 17.1 Å². The SMILES string of the molecule is c1ccc(-c2c(-c3ccccc3)c3cc(-c4cccc(N(c5cccc(-c6cccc7ccccc67)c5)c5ccc6c(c5)[nH]c5ccccc56)c4)ccc3c3ccccc23)cc1. The van der Waals surface area contributed by atoms with Crippen LogP contribution in [0.1, 0.15) is 0 Å². The highest BCUT2D eigenvalue weighted by Crippen LogP contribution is 2.46. The number of hydrogen-bond acceptors (Lipinski definition) is 1. The third-order valence-electron chi connectivity index (χ3n) is 12.5. The molecule has 2 nitrogen and oxygen atoms in total. The van der Waals surface area contributed by atoms with E-state index in [1.165, 1.54) is 82.0 Å². The van der Waals surface area contributed by atoms with E-state index in [0.29, 0.717) is 0 Å². The third kappa shape index (κ3) is 6.04. The van der Waals surface area contributed by atoms with Crippen molar-refractivity contribution in [3.05, 3.63) is 237 Å². The maximum Gasteiger partial charge on any atom is 0.0485 e. The summed E-state index contributed by atoms with van der Waals surface area (Å²) in [5, 5.41) is 9.93. The fourth-order valence-electron chi connectivity index (χ4n) is 9.72. The molecule has 62 heavy (non-hydrogen) atoms. The molecule has 0 aliphatic heterocycles. The van der Waals surface area contributed by atoms with Crippen LogP contribution in [-0.4, -0.2) is 4.98 Å². The molecular formula is C60H40N2. The zero-order chi connectivity index (χ0) is 41.0. The van der Waals surface area contributed by atoms with E-state index in [4.69, 9.17) is 0 Å². The Balaban J connectivity index is 1.06. The van der Waals surface area contributed by atoms with E-state index in [-0.39, 0.29) is 0 Å². The van der Waals surface area contributed by atoms with Gasteiger partial charge in [0.15, 0.2) is 0 Å². The molecule has 290 valence electrons. The van der Waals surface area contributed by atoms with Gasteiger partial charge in [-0.1, -0.05) is 188 Å². The molecule has 0 atom stereocenters. The van der Waals surface area contributed by atoms with Crippen molar-refractivity contribution in [3.8, 4) is 44.5 Å². The maximum atomic E-state index is 3.71. The summed E-state index contributed by atoms with van der Waals surface area (Å²) in [7, 11) is 0. The Bertz CT molecular complexity index is 3630. The number of benzene rings is 11. The van der Waals surface area contributed by atoms with Crippen molar-refractivity contribution < 1.29 is 0 Å². The van der Waals surface area contributed by atoms with Crippen LogP contribution in [0.25, 0.3) is 98.6 Å². The zero-order valence-corrected chi connectivity index (χ0v) is 34.0. The molecule has 12 rings (SSSR count). The molecule has 0 bridgehead atoms. The fraction of sp³-hybridized carbons (Fsp3) is 0. The van der Waals surface area contributed by atoms with Crippen LogP contribution >= 0.6 is 0 Å². The molecule has 0 aliphatic carbocycles. The van der Waals surface area contributed by atoms with Gasteiger partial charge in [-0.25, -0.2) is 0 Å². The Kier molecular flexibility index (Phi) is 8.53. The number of H-pyrrole nitrogens is 1. The third-order valence-corrected chi connectivity index (χ3v) is 12.5. The highest BCUT2D eigenvalue weighted by Gasteiger charge is 2.20. The first-order chi connectivity index (χ1) is 30.7. The molecule has 11 aromatic carbocycles. The van der Waals surface area contributed by atoms with Crippen molar-refractivity contribution in [3.63, 3.8) is 0 Å². The van der Waals surface area contributed by atoms with E-state index < -0.39 is 0 Å². The van der Waals surface area contributed by atoms with Crippen LogP contribution in [0.3, 0.4) is 0 Å². The highest BCUT2D eigenvalue weighted by atomic mass is 15.1. The van der Waals surface area contributed by atoms with E-state index in [2.05, 4.69) is 246 Å². The second-order valence-corrected chi connectivity index (χ2v) is 16.2. The van der Waals surface area contributed by atoms with Crippen molar-refractivity contribution >= 4 is 71.2 Å². The molecule has 1 N–H and O–H groups in total. The number of anilines is 3. The second-order valence-electron chi connectivity index (χ2n) is 16.2. The lowest BCUT2D eigenvalue weighted by Gasteiger charge is -2.27. The summed E-state index contributed by atoms with van der Waals surface area (Å²) >= 11 is 0. The molecule has 2 heteroatoms. The van der Waals surface area contributed by atoms with Gasteiger partial charge in [0, 0.05) is 38.9 Å². The smallest absolute Gasteiger partial charge is 0.0485 e. The van der Waals surface area contributed by atoms with Gasteiger partial charge < -0.3 is 9.88 Å². The molecule has 0 fully saturated rings. The lowest BCUT2D eigenvalue weighted by molar-refractivity contribution is 1.29. The number of aromatic amines is 1. The quantitative estimate of drug-likeness (QED) is 0.159. The predicted octanol–water partition coefficient (Wildman–Crippen LogP) is 16.9. The first-order valence-electron chi connectivity index (χ1n) is 21.3. The zero-order valence-electron chi connectivity index (χ0n) is 34.0. The Morgan fingerprint density at radius 1 is 0.258 bits per heavy atom. The highest BCUT2D eigenvalue weighted by molar-refractivity contribution is 6.22. The van der Waals surface area contributed by atoms with Gasteiger partial charge in [-0.15, -0.1) is 0 Å². The molecule has 1 aromatic heterocycles. The normalized spacial score (nSPS) is 11.5. The molecule has 0 unspecified atom stereocenters. The van der Waals surface area contributed by atoms with Gasteiger partial charge >= 0.3 is 0 Å². The number of rotatable bonds is 7. The average Bonchev–Trinajstić information content (AvgIpc) is 3.72. The summed E-state index contributed by atoms with van der Waals surface area (Å²) in [6.07, 6.45) is 0. The summed E-state index contributed by atoms with van der Waals surface area (Å²) in [5.74, 6) is 0. The minimum Gasteiger partial charge on any atom is -0.354 e. The Labute approximate surface area is 360 Å². The first kappa shape index (κ1) is 35.7. The maximum absolute atomic E-state index is 3.71. The van der Waals surface area contributed by atoms with Gasteiger partial charge in [-0.3, -0.25) is 0 Å². The number of para-hydroxylation sites is 1. The summed E-state index contributed by atoms with van der Waals surface area (Å²) in [6, 6.07) is 86.3. The lowest BCUT2D eigenvalue weighted by atomic mass is 9.84. The van der Waals surface area contributed by atoms with Crippen molar-refractivity contribution in [1.29, 1.82) is 0 Å². The Morgan fingerprint density at radius 3 is 1.53 bits per heavy atom. The van der Waals surface area contributed by atoms with Gasteiger partial charge in [0.1, 0.15) is 0 Å². The molecule has 0 radical (unpaired) electrons. The Morgan fingerprint density at radius 2 is 0.758 bits per heavy atom. The molecule has 12 aromatic rings. The van der Waals surface area contributed by atoms with Crippen LogP contribution in [0, 0.1) is 0 Å². The van der Waals surface area contributed by atoms with Crippen LogP contribution in [0.2, 0.25) is 0 Å². The first-order valence-corrected chi connectivity index (χ1v) is 21.3. The van der Waals surface area contributed by atoms with Crippen LogP contribution in [0.5, 0.6) is 0 Å². The van der Waals surface area contributed by atoms with E-state index in [1.54, 1.807) is 0 Å². The summed E-state index contributed by atoms with van der Waals surface area (Å²) in [4.78, 5) is 6.11. The van der Waals surface area contributed by atoms with Crippen LogP contribution in [0.15, 0.2) is 237 Å². The summed E-state index contributed by atoms with van der Waals surface area (Å²) in [5.41, 5.74) is 15.2. The lowest BCUT2D eigenvalue weighted by Crippen LogP contribution is -2.10. The standard InChI is InChI=1S/C60H40N2/c1-3-17-41(18-4-1)59-55-29-10-9-27-51(55)52-34-32-44(38-56(52)60(59)42-19-5-2-6-20-42)43-22-13-24-46(36-43)62(48-33-35-54-53-28-11-12-31-57(53)61-58(54)39-48)47-25-14-23-45(37-47)50-30-15-21-40-16-7-8-26-49(40)50/h1-39,61H. The van der Waals surface area contributed by atoms with Crippen molar-refractivity contribution in [2.75, 3.05) is 4.90 Å². The molecule has 0 amide bonds. The number of nitrogens with one attached hydrogen (secondary N) is 1. The minimum absolute atomic E-state index is 1.08. The van der Waals surface area contributed by atoms with Gasteiger partial charge in [0.25, 0.3) is 0 Å². The summed E-state index contributed by atoms with van der Waals surface area (Å²) in [6.45, 7) is 0. The van der Waals surface area contributed by atoms with Crippen LogP contribution < -0.4 is 4.90 Å². The monoisotopic (exact) mass is 788 g/mol. The number of hydrogen-bond donors (Lipinski definition) is 1. The Hall–Kier alpha value is -8.20. The molecule has 0 aliphatic rings. The van der Waals surface area contributed by atoms with Crippen molar-refractivity contribution in [2.45, 2.75) is 0 Å². The largest absolute Gasteiger partial charge is 0.354 e. The predicted molar refractivity (Wildman–Crippen MR) is 265 cm³/mol. The van der Waals surface area contributed by atoms with Crippen LogP contribution in [-0.2, 0) is 0 Å². The minimum atomic E-state index is 1.08. The van der Waals surface area contributed by atoms with E-state index in [1.807, 2.05) is 0 Å². The summed E-state index contributed by atoms with van der Waals surface area (Å²) < 4.78 is 0. The van der Waals surface area contributed by atoms with E-state index in [0.717, 1.165) is 33.7 Å². The van der Waals surface area contributed by atoms with Gasteiger partial charge in [-0.05, 0) is 125 Å². The molecule has 0 spiro atoms. The molecule has 0 saturated heterocycles. The van der Waals surface area contributed by atoms with Crippen molar-refractivity contribution in [2.24, 2.45) is 0 Å². The van der Waals surface area contributed by atoms with Crippen molar-refractivity contribution in [1.82, 2.24) is 4.98 Å².